The summed E-state index contributed by atoms with van der Waals surface area (Å²) in [5, 5.41) is 19.5. The number of pyridine rings is 1. The maximum Gasteiger partial charge on any atom is 0.377 e. The first-order valence-corrected chi connectivity index (χ1v) is 9.35. The number of carboxylic acids is 1. The molecule has 1 aromatic heterocycles. The summed E-state index contributed by atoms with van der Waals surface area (Å²) in [7, 11) is 0. The lowest BCUT2D eigenvalue weighted by atomic mass is 10.0. The van der Waals surface area contributed by atoms with Gasteiger partial charge in [-0.15, -0.1) is 0 Å². The Kier molecular flexibility index (Phi) is 6.27. The minimum atomic E-state index is -1.69. The van der Waals surface area contributed by atoms with Crippen molar-refractivity contribution >= 4 is 17.5 Å². The number of aliphatic carboxylic acids is 1. The Morgan fingerprint density at radius 2 is 1.43 bits per heavy atom. The van der Waals surface area contributed by atoms with Crippen LogP contribution in [0.5, 0.6) is 0 Å². The molecular weight excluding hydrogens is 382 g/mol. The normalized spacial score (nSPS) is 11.6. The molecule has 2 N–H and O–H groups in total. The van der Waals surface area contributed by atoms with Gasteiger partial charge in [-0.3, -0.25) is 9.59 Å². The summed E-state index contributed by atoms with van der Waals surface area (Å²) in [6, 6.07) is 19.0. The molecule has 0 aliphatic heterocycles. The Hall–Kier alpha value is -3.93. The molecule has 0 unspecified atom stereocenters. The molecule has 0 aliphatic rings. The summed E-state index contributed by atoms with van der Waals surface area (Å²) >= 11 is 0. The summed E-state index contributed by atoms with van der Waals surface area (Å²) in [4.78, 5) is 35.8. The van der Waals surface area contributed by atoms with Gasteiger partial charge in [0, 0.05) is 36.5 Å². The quantitative estimate of drug-likeness (QED) is 0.358. The molecule has 0 bridgehead atoms. The van der Waals surface area contributed by atoms with Gasteiger partial charge in [-0.1, -0.05) is 60.7 Å². The van der Waals surface area contributed by atoms with Crippen molar-refractivity contribution in [1.29, 1.82) is 0 Å². The molecule has 6 nitrogen and oxygen atoms in total. The fraction of sp³-hybridized carbons (Fsp3) is 0.125. The van der Waals surface area contributed by atoms with E-state index >= 15 is 0 Å². The Bertz CT molecular complexity index is 1160. The Labute approximate surface area is 173 Å². The van der Waals surface area contributed by atoms with Crippen molar-refractivity contribution in [3.05, 3.63) is 111 Å². The number of Topliss-reactive ketones (excluding diaryl/α,β-unsaturated/α-hetero) is 1. The largest absolute Gasteiger partial charge is 0.507 e. The van der Waals surface area contributed by atoms with E-state index in [1.807, 2.05) is 60.7 Å². The molecule has 0 amide bonds. The number of rotatable bonds is 7. The lowest BCUT2D eigenvalue weighted by Crippen LogP contribution is -2.21. The Morgan fingerprint density at radius 3 is 2.00 bits per heavy atom. The number of aromatic nitrogens is 1. The highest BCUT2D eigenvalue weighted by molar-refractivity contribution is 6.40. The summed E-state index contributed by atoms with van der Waals surface area (Å²) in [6.45, 7) is 1.63. The second kappa shape index (κ2) is 9.05. The van der Waals surface area contributed by atoms with E-state index in [0.717, 1.165) is 11.1 Å². The zero-order chi connectivity index (χ0) is 21.7. The monoisotopic (exact) mass is 403 g/mol. The molecule has 6 heteroatoms. The highest BCUT2D eigenvalue weighted by Gasteiger charge is 2.21. The van der Waals surface area contributed by atoms with E-state index in [4.69, 9.17) is 5.11 Å². The van der Waals surface area contributed by atoms with Crippen molar-refractivity contribution in [2.24, 2.45) is 0 Å². The maximum atomic E-state index is 13.1. The fourth-order valence-electron chi connectivity index (χ4n) is 3.16. The predicted octanol–water partition coefficient (Wildman–Crippen LogP) is 3.43. The summed E-state index contributed by atoms with van der Waals surface area (Å²) in [5.41, 5.74) is 1.39. The number of aliphatic hydroxyl groups excluding tert-OH is 1. The first kappa shape index (κ1) is 20.8. The first-order valence-electron chi connectivity index (χ1n) is 9.35. The van der Waals surface area contributed by atoms with Crippen molar-refractivity contribution in [2.45, 2.75) is 19.9 Å². The van der Waals surface area contributed by atoms with Crippen LogP contribution in [0.3, 0.4) is 0 Å². The SMILES string of the molecule is CC(C(=O)C(=O)O)=C(O)c1cn(Cc2ccccc2)cc(Cc2ccccc2)c1=O. The number of carbonyl (C=O) groups excluding carboxylic acids is 1. The molecule has 30 heavy (non-hydrogen) atoms. The zero-order valence-corrected chi connectivity index (χ0v) is 16.4. The topological polar surface area (TPSA) is 96.6 Å². The molecule has 152 valence electrons. The average Bonchev–Trinajstić information content (AvgIpc) is 2.75. The molecule has 0 aliphatic carbocycles. The highest BCUT2D eigenvalue weighted by atomic mass is 16.4. The van der Waals surface area contributed by atoms with E-state index in [0.29, 0.717) is 18.5 Å². The van der Waals surface area contributed by atoms with Gasteiger partial charge in [0.15, 0.2) is 5.43 Å². The molecule has 0 atom stereocenters. The van der Waals surface area contributed by atoms with Gasteiger partial charge in [-0.2, -0.15) is 0 Å². The van der Waals surface area contributed by atoms with Gasteiger partial charge in [0.2, 0.25) is 0 Å². The number of hydrogen-bond donors (Lipinski definition) is 2. The predicted molar refractivity (Wildman–Crippen MR) is 113 cm³/mol. The molecule has 0 saturated carbocycles. The van der Waals surface area contributed by atoms with Crippen LogP contribution in [-0.4, -0.2) is 26.5 Å². The third-order valence-corrected chi connectivity index (χ3v) is 4.74. The summed E-state index contributed by atoms with van der Waals surface area (Å²) in [6.07, 6.45) is 3.49. The van der Waals surface area contributed by atoms with Gasteiger partial charge in [0.05, 0.1) is 5.56 Å². The third-order valence-electron chi connectivity index (χ3n) is 4.74. The first-order chi connectivity index (χ1) is 14.4. The van der Waals surface area contributed by atoms with E-state index in [-0.39, 0.29) is 11.1 Å². The van der Waals surface area contributed by atoms with Crippen LogP contribution in [0, 0.1) is 0 Å². The number of carbonyl (C=O) groups is 2. The summed E-state index contributed by atoms with van der Waals surface area (Å²) < 4.78 is 1.75. The van der Waals surface area contributed by atoms with Gasteiger partial charge in [0.1, 0.15) is 5.76 Å². The lowest BCUT2D eigenvalue weighted by Gasteiger charge is -2.13. The van der Waals surface area contributed by atoms with Crippen molar-refractivity contribution in [3.63, 3.8) is 0 Å². The molecular formula is C24H21NO5. The molecule has 0 radical (unpaired) electrons. The molecule has 1 heterocycles. The van der Waals surface area contributed by atoms with E-state index in [1.54, 1.807) is 10.8 Å². The van der Waals surface area contributed by atoms with Crippen LogP contribution >= 0.6 is 0 Å². The van der Waals surface area contributed by atoms with E-state index in [1.165, 1.54) is 13.1 Å². The van der Waals surface area contributed by atoms with Crippen LogP contribution in [0.2, 0.25) is 0 Å². The molecule has 0 fully saturated rings. The molecule has 3 rings (SSSR count). The lowest BCUT2D eigenvalue weighted by molar-refractivity contribution is -0.147. The van der Waals surface area contributed by atoms with Crippen molar-refractivity contribution < 1.29 is 19.8 Å². The van der Waals surface area contributed by atoms with Crippen molar-refractivity contribution in [3.8, 4) is 0 Å². The number of nitrogens with zero attached hydrogens (tertiary/aromatic N) is 1. The molecule has 3 aromatic rings. The standard InChI is InChI=1S/C24H21NO5/c1-16(22(27)24(29)30)21(26)20-15-25(13-18-10-6-3-7-11-18)14-19(23(20)28)12-17-8-4-2-5-9-17/h2-11,14-15,26H,12-13H2,1H3,(H,29,30). The second-order valence-electron chi connectivity index (χ2n) is 6.95. The average molecular weight is 403 g/mol. The highest BCUT2D eigenvalue weighted by Crippen LogP contribution is 2.17. The molecule has 2 aromatic carbocycles. The number of benzene rings is 2. The number of hydrogen-bond acceptors (Lipinski definition) is 4. The van der Waals surface area contributed by atoms with Crippen LogP contribution in [0.1, 0.15) is 29.2 Å². The smallest absolute Gasteiger partial charge is 0.377 e. The van der Waals surface area contributed by atoms with Gasteiger partial charge < -0.3 is 14.8 Å². The summed E-state index contributed by atoms with van der Waals surface area (Å²) in [5.74, 6) is -3.57. The fourth-order valence-corrected chi connectivity index (χ4v) is 3.16. The second-order valence-corrected chi connectivity index (χ2v) is 6.95. The van der Waals surface area contributed by atoms with Crippen LogP contribution in [0.15, 0.2) is 83.4 Å². The van der Waals surface area contributed by atoms with E-state index in [2.05, 4.69) is 0 Å². The van der Waals surface area contributed by atoms with Crippen LogP contribution in [-0.2, 0) is 22.6 Å². The third kappa shape index (κ3) is 4.72. The minimum absolute atomic E-state index is 0.105. The zero-order valence-electron chi connectivity index (χ0n) is 16.4. The van der Waals surface area contributed by atoms with Gasteiger partial charge in [-0.05, 0) is 18.1 Å². The van der Waals surface area contributed by atoms with E-state index in [9.17, 15) is 19.5 Å². The van der Waals surface area contributed by atoms with Crippen LogP contribution in [0.25, 0.3) is 5.76 Å². The number of carboxylic acid groups (broad SMARTS) is 1. The van der Waals surface area contributed by atoms with Crippen LogP contribution < -0.4 is 5.43 Å². The number of aliphatic hydroxyl groups is 1. The van der Waals surface area contributed by atoms with Gasteiger partial charge >= 0.3 is 5.97 Å². The van der Waals surface area contributed by atoms with Crippen molar-refractivity contribution in [1.82, 2.24) is 4.57 Å². The Morgan fingerprint density at radius 1 is 0.867 bits per heavy atom. The van der Waals surface area contributed by atoms with Gasteiger partial charge in [0.25, 0.3) is 5.78 Å². The number of ketones is 1. The minimum Gasteiger partial charge on any atom is -0.507 e. The van der Waals surface area contributed by atoms with Crippen LogP contribution in [0.4, 0.5) is 0 Å². The van der Waals surface area contributed by atoms with Gasteiger partial charge in [-0.25, -0.2) is 4.79 Å². The van der Waals surface area contributed by atoms with E-state index < -0.39 is 22.9 Å². The maximum absolute atomic E-state index is 13.1. The Balaban J connectivity index is 2.12. The van der Waals surface area contributed by atoms with Crippen molar-refractivity contribution in [2.75, 3.05) is 0 Å². The molecule has 0 saturated heterocycles. The molecule has 0 spiro atoms.